The number of aliphatic hydroxyl groups is 1. The van der Waals surface area contributed by atoms with Crippen LogP contribution in [0, 0.1) is 0 Å². The highest BCUT2D eigenvalue weighted by molar-refractivity contribution is 5.77. The van der Waals surface area contributed by atoms with Gasteiger partial charge >= 0.3 is 0 Å². The maximum atomic E-state index is 11.2. The summed E-state index contributed by atoms with van der Waals surface area (Å²) in [5.41, 5.74) is 0. The summed E-state index contributed by atoms with van der Waals surface area (Å²) < 4.78 is 4.82. The molecule has 0 aliphatic carbocycles. The molecule has 1 unspecified atom stereocenters. The molecule has 0 heterocycles. The van der Waals surface area contributed by atoms with Gasteiger partial charge in [0.1, 0.15) is 0 Å². The molecule has 0 saturated heterocycles. The lowest BCUT2D eigenvalue weighted by molar-refractivity contribution is -0.120. The minimum Gasteiger partial charge on any atom is -0.391 e. The van der Waals surface area contributed by atoms with Crippen LogP contribution in [0.15, 0.2) is 0 Å². The third-order valence-electron chi connectivity index (χ3n) is 1.93. The average Bonchev–Trinajstić information content (AvgIpc) is 2.22. The fourth-order valence-corrected chi connectivity index (χ4v) is 1.11. The summed E-state index contributed by atoms with van der Waals surface area (Å²) in [4.78, 5) is 11.2. The maximum Gasteiger partial charge on any atom is 0.234 e. The monoisotopic (exact) mass is 218 g/mol. The molecule has 1 atom stereocenters. The first kappa shape index (κ1) is 14.3. The van der Waals surface area contributed by atoms with Crippen molar-refractivity contribution in [1.29, 1.82) is 0 Å². The molecule has 0 fully saturated rings. The lowest BCUT2D eigenvalue weighted by atomic mass is 10.2. The lowest BCUT2D eigenvalue weighted by Gasteiger charge is -2.10. The number of rotatable bonds is 9. The quantitative estimate of drug-likeness (QED) is 0.456. The van der Waals surface area contributed by atoms with Crippen LogP contribution in [0.4, 0.5) is 0 Å². The Balaban J connectivity index is 3.32. The van der Waals surface area contributed by atoms with Gasteiger partial charge in [-0.3, -0.25) is 4.79 Å². The van der Waals surface area contributed by atoms with E-state index in [9.17, 15) is 9.90 Å². The molecular weight excluding hydrogens is 196 g/mol. The van der Waals surface area contributed by atoms with E-state index in [2.05, 4.69) is 10.6 Å². The fourth-order valence-electron chi connectivity index (χ4n) is 1.11. The molecule has 0 radical (unpaired) electrons. The van der Waals surface area contributed by atoms with E-state index in [1.165, 1.54) is 0 Å². The summed E-state index contributed by atoms with van der Waals surface area (Å²) in [5, 5.41) is 14.9. The van der Waals surface area contributed by atoms with Gasteiger partial charge in [-0.1, -0.05) is 13.3 Å². The summed E-state index contributed by atoms with van der Waals surface area (Å²) in [5.74, 6) is -0.0961. The predicted molar refractivity (Wildman–Crippen MR) is 58.7 cm³/mol. The molecule has 3 N–H and O–H groups in total. The first-order chi connectivity index (χ1) is 7.20. The molecule has 0 rings (SSSR count). The van der Waals surface area contributed by atoms with Crippen molar-refractivity contribution in [2.24, 2.45) is 0 Å². The van der Waals surface area contributed by atoms with Crippen LogP contribution in [0.3, 0.4) is 0 Å². The van der Waals surface area contributed by atoms with E-state index >= 15 is 0 Å². The standard InChI is InChI=1S/C10H22N2O3/c1-3-4-9(13)7-12-10(14)8-11-5-6-15-2/h9,11,13H,3-8H2,1-2H3,(H,12,14). The van der Waals surface area contributed by atoms with Crippen molar-refractivity contribution >= 4 is 5.91 Å². The summed E-state index contributed by atoms with van der Waals surface area (Å²) in [6.45, 7) is 3.84. The molecular formula is C10H22N2O3. The van der Waals surface area contributed by atoms with Crippen molar-refractivity contribution in [3.05, 3.63) is 0 Å². The number of aliphatic hydroxyl groups excluding tert-OH is 1. The number of carbonyl (C=O) groups excluding carboxylic acids is 1. The second-order valence-corrected chi connectivity index (χ2v) is 3.42. The molecule has 5 heteroatoms. The molecule has 0 saturated carbocycles. The fraction of sp³-hybridized carbons (Fsp3) is 0.900. The summed E-state index contributed by atoms with van der Waals surface area (Å²) in [6, 6.07) is 0. The zero-order valence-corrected chi connectivity index (χ0v) is 9.58. The van der Waals surface area contributed by atoms with Crippen molar-refractivity contribution in [2.75, 3.05) is 33.4 Å². The summed E-state index contributed by atoms with van der Waals surface area (Å²) in [6.07, 6.45) is 1.21. The van der Waals surface area contributed by atoms with E-state index < -0.39 is 6.10 Å². The first-order valence-electron chi connectivity index (χ1n) is 5.35. The van der Waals surface area contributed by atoms with Gasteiger partial charge in [0.15, 0.2) is 0 Å². The Hall–Kier alpha value is -0.650. The molecule has 1 amide bonds. The van der Waals surface area contributed by atoms with Gasteiger partial charge < -0.3 is 20.5 Å². The van der Waals surface area contributed by atoms with Crippen LogP contribution in [0.1, 0.15) is 19.8 Å². The van der Waals surface area contributed by atoms with Crippen molar-refractivity contribution in [3.63, 3.8) is 0 Å². The van der Waals surface area contributed by atoms with Crippen LogP contribution in [-0.4, -0.2) is 50.5 Å². The van der Waals surface area contributed by atoms with Gasteiger partial charge in [-0.25, -0.2) is 0 Å². The zero-order chi connectivity index (χ0) is 11.5. The van der Waals surface area contributed by atoms with Crippen molar-refractivity contribution < 1.29 is 14.6 Å². The van der Waals surface area contributed by atoms with Crippen LogP contribution in [0.5, 0.6) is 0 Å². The number of carbonyl (C=O) groups is 1. The lowest BCUT2D eigenvalue weighted by Crippen LogP contribution is -2.38. The Morgan fingerprint density at radius 3 is 2.87 bits per heavy atom. The number of methoxy groups -OCH3 is 1. The van der Waals surface area contributed by atoms with E-state index in [4.69, 9.17) is 4.74 Å². The third kappa shape index (κ3) is 9.65. The molecule has 0 aromatic carbocycles. The minimum absolute atomic E-state index is 0.0961. The van der Waals surface area contributed by atoms with Crippen LogP contribution in [0.2, 0.25) is 0 Å². The van der Waals surface area contributed by atoms with Gasteiger partial charge in [-0.2, -0.15) is 0 Å². The third-order valence-corrected chi connectivity index (χ3v) is 1.93. The zero-order valence-electron chi connectivity index (χ0n) is 9.58. The predicted octanol–water partition coefficient (Wildman–Crippen LogP) is -0.500. The number of hydrogen-bond donors (Lipinski definition) is 3. The van der Waals surface area contributed by atoms with Crippen LogP contribution < -0.4 is 10.6 Å². The Morgan fingerprint density at radius 2 is 2.27 bits per heavy atom. The highest BCUT2D eigenvalue weighted by Gasteiger charge is 2.05. The highest BCUT2D eigenvalue weighted by atomic mass is 16.5. The normalized spacial score (nSPS) is 12.5. The van der Waals surface area contributed by atoms with Gasteiger partial charge in [0, 0.05) is 20.2 Å². The van der Waals surface area contributed by atoms with E-state index in [-0.39, 0.29) is 12.5 Å². The van der Waals surface area contributed by atoms with Crippen LogP contribution >= 0.6 is 0 Å². The van der Waals surface area contributed by atoms with Gasteiger partial charge in [0.05, 0.1) is 19.3 Å². The Morgan fingerprint density at radius 1 is 1.53 bits per heavy atom. The van der Waals surface area contributed by atoms with Crippen molar-refractivity contribution in [2.45, 2.75) is 25.9 Å². The van der Waals surface area contributed by atoms with Gasteiger partial charge in [0.25, 0.3) is 0 Å². The van der Waals surface area contributed by atoms with Gasteiger partial charge in [-0.05, 0) is 6.42 Å². The second kappa shape index (κ2) is 9.89. The van der Waals surface area contributed by atoms with E-state index in [0.29, 0.717) is 19.7 Å². The Kier molecular flexibility index (Phi) is 9.46. The molecule has 0 spiro atoms. The smallest absolute Gasteiger partial charge is 0.234 e. The Bertz CT molecular complexity index is 165. The molecule has 0 aliphatic rings. The molecule has 0 aromatic heterocycles. The Labute approximate surface area is 91.2 Å². The average molecular weight is 218 g/mol. The van der Waals surface area contributed by atoms with E-state index in [1.54, 1.807) is 7.11 Å². The number of nitrogens with one attached hydrogen (secondary N) is 2. The number of amides is 1. The maximum absolute atomic E-state index is 11.2. The molecule has 90 valence electrons. The largest absolute Gasteiger partial charge is 0.391 e. The minimum atomic E-state index is -0.432. The number of ether oxygens (including phenoxy) is 1. The number of hydrogen-bond acceptors (Lipinski definition) is 4. The molecule has 15 heavy (non-hydrogen) atoms. The SMILES string of the molecule is CCCC(O)CNC(=O)CNCCOC. The van der Waals surface area contributed by atoms with Crippen molar-refractivity contribution in [3.8, 4) is 0 Å². The molecule has 0 aromatic rings. The molecule has 5 nitrogen and oxygen atoms in total. The van der Waals surface area contributed by atoms with Crippen LogP contribution in [-0.2, 0) is 9.53 Å². The van der Waals surface area contributed by atoms with Gasteiger partial charge in [-0.15, -0.1) is 0 Å². The second-order valence-electron chi connectivity index (χ2n) is 3.42. The summed E-state index contributed by atoms with van der Waals surface area (Å²) >= 11 is 0. The first-order valence-corrected chi connectivity index (χ1v) is 5.35. The van der Waals surface area contributed by atoms with Crippen molar-refractivity contribution in [1.82, 2.24) is 10.6 Å². The highest BCUT2D eigenvalue weighted by Crippen LogP contribution is 1.93. The van der Waals surface area contributed by atoms with E-state index in [1.807, 2.05) is 6.92 Å². The van der Waals surface area contributed by atoms with E-state index in [0.717, 1.165) is 12.8 Å². The molecule has 0 bridgehead atoms. The summed E-state index contributed by atoms with van der Waals surface area (Å²) in [7, 11) is 1.61. The molecule has 0 aliphatic heterocycles. The van der Waals surface area contributed by atoms with Gasteiger partial charge in [0.2, 0.25) is 5.91 Å². The van der Waals surface area contributed by atoms with Crippen LogP contribution in [0.25, 0.3) is 0 Å². The topological polar surface area (TPSA) is 70.6 Å².